The number of aromatic hydroxyl groups is 1. The number of carbonyl (C=O) groups is 6. The largest absolute Gasteiger partial charge is 0.508 e. The molecule has 2 bridgehead atoms. The maximum absolute atomic E-state index is 14.4. The number of hydrogen-bond donors (Lipinski definition) is 6. The lowest BCUT2D eigenvalue weighted by Crippen LogP contribution is -2.62. The monoisotopic (exact) mass is 946 g/mol. The van der Waals surface area contributed by atoms with E-state index in [2.05, 4.69) is 21.4 Å². The summed E-state index contributed by atoms with van der Waals surface area (Å²) in [4.78, 5) is 81.4. The van der Waals surface area contributed by atoms with Crippen molar-refractivity contribution in [2.24, 2.45) is 17.8 Å². The van der Waals surface area contributed by atoms with Crippen molar-refractivity contribution in [1.82, 2.24) is 21.1 Å². The topological polar surface area (TPSA) is 203 Å². The molecule has 69 heavy (non-hydrogen) atoms. The number of esters is 1. The quantitative estimate of drug-likeness (QED) is 0.0629. The van der Waals surface area contributed by atoms with Crippen molar-refractivity contribution in [3.63, 3.8) is 0 Å². The first-order valence-corrected chi connectivity index (χ1v) is 24.1. The second-order valence-electron chi connectivity index (χ2n) is 17.7. The summed E-state index contributed by atoms with van der Waals surface area (Å²) in [5.74, 6) is -4.78. The molecule has 0 saturated carbocycles. The normalized spacial score (nSPS) is 24.3. The molecule has 14 heteroatoms. The smallest absolute Gasteiger partial charge is 0.325 e. The minimum Gasteiger partial charge on any atom is -0.508 e. The highest BCUT2D eigenvalue weighted by Gasteiger charge is 2.38. The number of aliphatic hydroxyl groups excluding tert-OH is 1. The lowest BCUT2D eigenvalue weighted by atomic mass is 9.85. The van der Waals surface area contributed by atoms with Gasteiger partial charge in [0.05, 0.1) is 12.0 Å². The number of benzene rings is 3. The average molecular weight is 946 g/mol. The van der Waals surface area contributed by atoms with Gasteiger partial charge >= 0.3 is 5.97 Å². The Morgan fingerprint density at radius 3 is 2.23 bits per heavy atom. The number of allylic oxidation sites excluding steroid dienone is 5. The maximum atomic E-state index is 14.4. The van der Waals surface area contributed by atoms with Gasteiger partial charge in [-0.25, -0.2) is 5.43 Å². The molecule has 0 spiro atoms. The van der Waals surface area contributed by atoms with E-state index in [1.54, 1.807) is 64.1 Å². The van der Waals surface area contributed by atoms with Crippen molar-refractivity contribution < 1.29 is 43.7 Å². The van der Waals surface area contributed by atoms with Crippen LogP contribution in [0.25, 0.3) is 11.1 Å². The molecule has 7 atom stereocenters. The number of Topliss-reactive ketones (excluding diaryl/α,β-unsaturated/α-hetero) is 1. The number of phenols is 1. The second-order valence-corrected chi connectivity index (χ2v) is 17.7. The Morgan fingerprint density at radius 2 is 1.57 bits per heavy atom. The Kier molecular flexibility index (Phi) is 22.3. The Labute approximate surface area is 407 Å². The van der Waals surface area contributed by atoms with Gasteiger partial charge < -0.3 is 35.7 Å². The molecule has 370 valence electrons. The molecule has 2 heterocycles. The molecule has 3 aromatic rings. The van der Waals surface area contributed by atoms with E-state index >= 15 is 0 Å². The van der Waals surface area contributed by atoms with Crippen LogP contribution in [0.2, 0.25) is 0 Å². The fourth-order valence-electron chi connectivity index (χ4n) is 7.99. The van der Waals surface area contributed by atoms with E-state index in [4.69, 9.17) is 4.74 Å². The van der Waals surface area contributed by atoms with Gasteiger partial charge in [-0.3, -0.25) is 29.0 Å². The van der Waals surface area contributed by atoms with E-state index in [1.807, 2.05) is 80.6 Å². The predicted octanol–water partition coefficient (Wildman–Crippen LogP) is 7.69. The van der Waals surface area contributed by atoms with Crippen molar-refractivity contribution in [2.75, 3.05) is 11.9 Å². The summed E-state index contributed by atoms with van der Waals surface area (Å²) >= 11 is 0. The summed E-state index contributed by atoms with van der Waals surface area (Å²) in [6.07, 6.45) is 11.6. The Bertz CT molecular complexity index is 2310. The molecule has 0 radical (unpaired) electrons. The number of cyclic esters (lactones) is 1. The van der Waals surface area contributed by atoms with E-state index < -0.39 is 71.8 Å². The summed E-state index contributed by atoms with van der Waals surface area (Å²) < 4.78 is 6.12. The molecule has 14 nitrogen and oxygen atoms in total. The van der Waals surface area contributed by atoms with Gasteiger partial charge in [0.15, 0.2) is 0 Å². The first-order valence-electron chi connectivity index (χ1n) is 24.1. The molecule has 6 N–H and O–H groups in total. The highest BCUT2D eigenvalue weighted by molar-refractivity contribution is 5.99. The summed E-state index contributed by atoms with van der Waals surface area (Å²) in [6, 6.07) is 20.5. The Balaban J connectivity index is 0.00000511. The van der Waals surface area contributed by atoms with Crippen LogP contribution >= 0.6 is 0 Å². The van der Waals surface area contributed by atoms with Crippen LogP contribution in [0.4, 0.5) is 5.69 Å². The molecule has 4 amide bonds. The molecule has 5 rings (SSSR count). The molecular formula is C55H71N5O9. The van der Waals surface area contributed by atoms with E-state index in [-0.39, 0.29) is 49.7 Å². The number of ether oxygens (including phenoxy) is 1. The molecule has 0 aliphatic carbocycles. The average Bonchev–Trinajstić information content (AvgIpc) is 3.33. The van der Waals surface area contributed by atoms with E-state index in [0.29, 0.717) is 36.1 Å². The number of fused-ring (bicyclic) bond motifs is 2. The van der Waals surface area contributed by atoms with Crippen LogP contribution < -0.4 is 21.4 Å². The van der Waals surface area contributed by atoms with Crippen LogP contribution in [0.5, 0.6) is 5.75 Å². The number of hydrogen-bond acceptors (Lipinski definition) is 10. The molecule has 1 saturated heterocycles. The van der Waals surface area contributed by atoms with Crippen LogP contribution in [0.15, 0.2) is 127 Å². The van der Waals surface area contributed by atoms with Crippen molar-refractivity contribution in [3.05, 3.63) is 133 Å². The van der Waals surface area contributed by atoms with Gasteiger partial charge in [0.2, 0.25) is 17.7 Å². The highest BCUT2D eigenvalue weighted by Crippen LogP contribution is 2.25. The zero-order valence-electron chi connectivity index (χ0n) is 41.0. The first-order chi connectivity index (χ1) is 33.1. The number of nitrogens with one attached hydrogen (secondary N) is 4. The summed E-state index contributed by atoms with van der Waals surface area (Å²) in [5.41, 5.74) is 6.95. The highest BCUT2D eigenvalue weighted by atomic mass is 16.5. The van der Waals surface area contributed by atoms with Gasteiger partial charge in [-0.1, -0.05) is 126 Å². The third-order valence-electron chi connectivity index (χ3n) is 12.0. The predicted molar refractivity (Wildman–Crippen MR) is 269 cm³/mol. The van der Waals surface area contributed by atoms with Crippen molar-refractivity contribution in [3.8, 4) is 16.9 Å². The lowest BCUT2D eigenvalue weighted by molar-refractivity contribution is -0.156. The van der Waals surface area contributed by atoms with E-state index in [0.717, 1.165) is 11.1 Å². The van der Waals surface area contributed by atoms with Gasteiger partial charge in [0, 0.05) is 37.6 Å². The van der Waals surface area contributed by atoms with Crippen LogP contribution in [-0.4, -0.2) is 87.5 Å². The van der Waals surface area contributed by atoms with Crippen LogP contribution in [0.1, 0.15) is 92.6 Å². The lowest BCUT2D eigenvalue weighted by Gasteiger charge is -2.36. The Morgan fingerprint density at radius 1 is 0.884 bits per heavy atom. The molecule has 2 aliphatic heterocycles. The van der Waals surface area contributed by atoms with Crippen molar-refractivity contribution >= 4 is 41.1 Å². The number of hydrazine groups is 1. The van der Waals surface area contributed by atoms with Gasteiger partial charge in [-0.05, 0) is 97.9 Å². The summed E-state index contributed by atoms with van der Waals surface area (Å²) in [7, 11) is 0. The minimum absolute atomic E-state index is 0.0273. The molecule has 1 fully saturated rings. The third-order valence-corrected chi connectivity index (χ3v) is 12.0. The van der Waals surface area contributed by atoms with Crippen LogP contribution in [-0.2, 0) is 39.9 Å². The number of nitrogens with zero attached hydrogens (tertiary/aromatic N) is 1. The number of carbonyl (C=O) groups excluding carboxylic acids is 6. The van der Waals surface area contributed by atoms with E-state index in [9.17, 15) is 39.0 Å². The molecule has 2 aliphatic rings. The number of amides is 4. The zero-order valence-corrected chi connectivity index (χ0v) is 41.0. The molecule has 0 aromatic heterocycles. The molecule has 3 aromatic carbocycles. The van der Waals surface area contributed by atoms with Gasteiger partial charge in [0.1, 0.15) is 35.8 Å². The third kappa shape index (κ3) is 17.4. The number of anilines is 1. The molecular weight excluding hydrogens is 875 g/mol. The van der Waals surface area contributed by atoms with Crippen molar-refractivity contribution in [2.45, 2.75) is 124 Å². The fraction of sp³-hybridized carbons (Fsp3) is 0.418. The van der Waals surface area contributed by atoms with Crippen LogP contribution in [0, 0.1) is 17.8 Å². The number of ketones is 1. The Hall–Kier alpha value is -6.64. The van der Waals surface area contributed by atoms with Gasteiger partial charge in [0.25, 0.3) is 5.91 Å². The SMILES string of the molecule is CC.CC(=O)CCC1C(=O)NC(C(C)C)C(=O)NC(Cc2cccc(O)c2)C(=O)N2CCCC(N2)C(=O)O[C@H](/C(C)=C/C=C/C(=O)Nc2ccc(-c3ccccc3)cc2)C/C=C/C=C/CC(C)C1O. The number of rotatable bonds is 11. The standard InChI is InChI=1S/C53H65N5O9.C2H6/c1-34(2)48-51(64)55-45(33-38-18-14-21-42(60)32-38)52(65)58-31-15-22-44(57-58)53(66)67-46(23-12-7-6-9-16-36(4)49(62)43(50(63)56-48)30-25-37(5)59)35(3)17-13-24-47(61)54-41-28-26-40(27-29-41)39-19-10-8-11-20-39;1-2/h6-14,17-21,24,26-29,32,34,36,43-46,48-49,57,60,62H,15-16,22-23,25,30-31,33H2,1-5H3,(H,54,61)(H,55,64)(H,56,63);1-2H3/b9-6+,12-7+,24-13+,35-17+;/t36?,43?,44?,45?,46-,48?,49?;/m0./s1. The number of aliphatic hydroxyl groups is 1. The minimum atomic E-state index is -1.20. The van der Waals surface area contributed by atoms with E-state index in [1.165, 1.54) is 30.1 Å². The zero-order chi connectivity index (χ0) is 50.5. The molecule has 6 unspecified atom stereocenters. The van der Waals surface area contributed by atoms with Crippen LogP contribution in [0.3, 0.4) is 0 Å². The van der Waals surface area contributed by atoms with Gasteiger partial charge in [-0.2, -0.15) is 0 Å². The summed E-state index contributed by atoms with van der Waals surface area (Å²) in [5, 5.41) is 31.6. The number of phenolic OH excluding ortho intramolecular Hbond substituents is 1. The maximum Gasteiger partial charge on any atom is 0.325 e. The van der Waals surface area contributed by atoms with Crippen molar-refractivity contribution in [1.29, 1.82) is 0 Å². The fourth-order valence-corrected chi connectivity index (χ4v) is 7.99. The second kappa shape index (κ2) is 28.0. The summed E-state index contributed by atoms with van der Waals surface area (Å²) in [6.45, 7) is 12.7. The van der Waals surface area contributed by atoms with Gasteiger partial charge in [-0.15, -0.1) is 0 Å². The first kappa shape index (κ1) is 55.0.